The largest absolute Gasteiger partial charge is 0.485 e. The van der Waals surface area contributed by atoms with Gasteiger partial charge in [-0.1, -0.05) is 12.1 Å². The summed E-state index contributed by atoms with van der Waals surface area (Å²) in [5.74, 6) is 1.31. The predicted molar refractivity (Wildman–Crippen MR) is 72.5 cm³/mol. The monoisotopic (exact) mass is 264 g/mol. The molecular formula is C14H20N2O3. The van der Waals surface area contributed by atoms with Crippen molar-refractivity contribution in [3.05, 3.63) is 24.3 Å². The zero-order valence-corrected chi connectivity index (χ0v) is 11.4. The molecule has 1 aromatic carbocycles. The number of fused-ring (bicyclic) bond motifs is 1. The van der Waals surface area contributed by atoms with Crippen LogP contribution in [0.1, 0.15) is 6.92 Å². The van der Waals surface area contributed by atoms with Gasteiger partial charge in [-0.15, -0.1) is 0 Å². The molecule has 19 heavy (non-hydrogen) atoms. The molecule has 0 radical (unpaired) electrons. The van der Waals surface area contributed by atoms with Crippen LogP contribution in [0, 0.1) is 0 Å². The van der Waals surface area contributed by atoms with E-state index in [1.807, 2.05) is 38.2 Å². The van der Waals surface area contributed by atoms with E-state index in [0.717, 1.165) is 6.54 Å². The second kappa shape index (κ2) is 6.43. The molecule has 0 spiro atoms. The molecule has 0 bridgehead atoms. The number of likely N-dealkylation sites (N-methyl/N-ethyl adjacent to an activating group) is 2. The van der Waals surface area contributed by atoms with Gasteiger partial charge in [-0.3, -0.25) is 4.79 Å². The fourth-order valence-corrected chi connectivity index (χ4v) is 2.02. The molecule has 0 aliphatic carbocycles. The predicted octanol–water partition coefficient (Wildman–Crippen LogP) is 0.894. The first-order chi connectivity index (χ1) is 9.26. The van der Waals surface area contributed by atoms with Crippen LogP contribution in [0.5, 0.6) is 11.5 Å². The van der Waals surface area contributed by atoms with E-state index in [-0.39, 0.29) is 12.5 Å². The van der Waals surface area contributed by atoms with Crippen LogP contribution in [0.4, 0.5) is 0 Å². The standard InChI is InChI=1S/C14H20N2O3/c1-3-16(9-8-15-2)14(17)13-10-18-11-6-4-5-7-12(11)19-13/h4-7,13,15H,3,8-10H2,1-2H3. The number of ether oxygens (including phenoxy) is 2. The first kappa shape index (κ1) is 13.7. The highest BCUT2D eigenvalue weighted by atomic mass is 16.6. The number of benzene rings is 1. The minimum atomic E-state index is -0.549. The molecule has 104 valence electrons. The molecule has 1 unspecified atom stereocenters. The van der Waals surface area contributed by atoms with E-state index in [9.17, 15) is 4.79 Å². The van der Waals surface area contributed by atoms with Gasteiger partial charge in [0.25, 0.3) is 5.91 Å². The Balaban J connectivity index is 2.01. The van der Waals surface area contributed by atoms with Crippen LogP contribution in [0.3, 0.4) is 0 Å². The number of hydrogen-bond acceptors (Lipinski definition) is 4. The maximum absolute atomic E-state index is 12.3. The summed E-state index contributed by atoms with van der Waals surface area (Å²) in [6.45, 7) is 4.34. The SMILES string of the molecule is CCN(CCNC)C(=O)C1COc2ccccc2O1. The summed E-state index contributed by atoms with van der Waals surface area (Å²) in [7, 11) is 1.87. The van der Waals surface area contributed by atoms with Gasteiger partial charge in [0.05, 0.1) is 0 Å². The molecule has 5 heteroatoms. The zero-order valence-electron chi connectivity index (χ0n) is 11.4. The number of nitrogens with one attached hydrogen (secondary N) is 1. The Morgan fingerprint density at radius 3 is 2.84 bits per heavy atom. The van der Waals surface area contributed by atoms with E-state index in [2.05, 4.69) is 5.32 Å². The van der Waals surface area contributed by atoms with Crippen molar-refractivity contribution in [1.29, 1.82) is 0 Å². The highest BCUT2D eigenvalue weighted by Gasteiger charge is 2.30. The van der Waals surface area contributed by atoms with Crippen molar-refractivity contribution in [1.82, 2.24) is 10.2 Å². The highest BCUT2D eigenvalue weighted by Crippen LogP contribution is 2.31. The number of para-hydroxylation sites is 2. The summed E-state index contributed by atoms with van der Waals surface area (Å²) in [6, 6.07) is 7.41. The van der Waals surface area contributed by atoms with Crippen LogP contribution in [0.2, 0.25) is 0 Å². The third kappa shape index (κ3) is 3.17. The lowest BCUT2D eigenvalue weighted by molar-refractivity contribution is -0.140. The van der Waals surface area contributed by atoms with Gasteiger partial charge in [0.1, 0.15) is 6.61 Å². The summed E-state index contributed by atoms with van der Waals surface area (Å²) < 4.78 is 11.3. The molecule has 0 saturated carbocycles. The minimum absolute atomic E-state index is 0.0211. The number of carbonyl (C=O) groups excluding carboxylic acids is 1. The molecule has 1 atom stereocenters. The molecule has 0 aromatic heterocycles. The van der Waals surface area contributed by atoms with Crippen LogP contribution in [-0.2, 0) is 4.79 Å². The van der Waals surface area contributed by atoms with Crippen molar-refractivity contribution in [3.63, 3.8) is 0 Å². The minimum Gasteiger partial charge on any atom is -0.485 e. The molecular weight excluding hydrogens is 244 g/mol. The van der Waals surface area contributed by atoms with Gasteiger partial charge in [-0.25, -0.2) is 0 Å². The third-order valence-electron chi connectivity index (χ3n) is 3.11. The van der Waals surface area contributed by atoms with E-state index in [1.54, 1.807) is 4.90 Å². The third-order valence-corrected chi connectivity index (χ3v) is 3.11. The first-order valence-electron chi connectivity index (χ1n) is 6.58. The lowest BCUT2D eigenvalue weighted by Gasteiger charge is -2.30. The molecule has 0 saturated heterocycles. The topological polar surface area (TPSA) is 50.8 Å². The van der Waals surface area contributed by atoms with Crippen LogP contribution < -0.4 is 14.8 Å². The number of nitrogens with zero attached hydrogens (tertiary/aromatic N) is 1. The Bertz CT molecular complexity index is 436. The van der Waals surface area contributed by atoms with Crippen molar-refractivity contribution >= 4 is 5.91 Å². The van der Waals surface area contributed by atoms with Gasteiger partial charge in [-0.2, -0.15) is 0 Å². The molecule has 1 heterocycles. The van der Waals surface area contributed by atoms with Gasteiger partial charge < -0.3 is 19.7 Å². The van der Waals surface area contributed by atoms with Crippen molar-refractivity contribution in [2.75, 3.05) is 33.3 Å². The lowest BCUT2D eigenvalue weighted by atomic mass is 10.2. The lowest BCUT2D eigenvalue weighted by Crippen LogP contribution is -2.47. The zero-order chi connectivity index (χ0) is 13.7. The van der Waals surface area contributed by atoms with Gasteiger partial charge in [-0.05, 0) is 26.1 Å². The number of carbonyl (C=O) groups is 1. The molecule has 1 aromatic rings. The molecule has 0 fully saturated rings. The van der Waals surface area contributed by atoms with E-state index < -0.39 is 6.10 Å². The number of hydrogen-bond donors (Lipinski definition) is 1. The fraction of sp³-hybridized carbons (Fsp3) is 0.500. The Morgan fingerprint density at radius 1 is 1.42 bits per heavy atom. The summed E-state index contributed by atoms with van der Waals surface area (Å²) in [5, 5.41) is 3.04. The van der Waals surface area contributed by atoms with E-state index >= 15 is 0 Å². The average molecular weight is 264 g/mol. The maximum atomic E-state index is 12.3. The Labute approximate surface area is 113 Å². The molecule has 1 aliphatic heterocycles. The quantitative estimate of drug-likeness (QED) is 0.858. The van der Waals surface area contributed by atoms with Gasteiger partial charge in [0.15, 0.2) is 11.5 Å². The average Bonchev–Trinajstić information content (AvgIpc) is 2.47. The number of amides is 1. The van der Waals surface area contributed by atoms with E-state index in [0.29, 0.717) is 24.6 Å². The van der Waals surface area contributed by atoms with Crippen molar-refractivity contribution in [2.24, 2.45) is 0 Å². The molecule has 1 aliphatic rings. The Kier molecular flexibility index (Phi) is 4.63. The van der Waals surface area contributed by atoms with Crippen molar-refractivity contribution < 1.29 is 14.3 Å². The van der Waals surface area contributed by atoms with Crippen LogP contribution in [0.15, 0.2) is 24.3 Å². The van der Waals surface area contributed by atoms with Crippen LogP contribution in [-0.4, -0.2) is 50.2 Å². The summed E-state index contributed by atoms with van der Waals surface area (Å²) in [6.07, 6.45) is -0.549. The molecule has 5 nitrogen and oxygen atoms in total. The molecule has 2 rings (SSSR count). The highest BCUT2D eigenvalue weighted by molar-refractivity contribution is 5.82. The van der Waals surface area contributed by atoms with Crippen LogP contribution >= 0.6 is 0 Å². The van der Waals surface area contributed by atoms with Crippen molar-refractivity contribution in [2.45, 2.75) is 13.0 Å². The molecule has 1 N–H and O–H groups in total. The van der Waals surface area contributed by atoms with E-state index in [1.165, 1.54) is 0 Å². The number of rotatable bonds is 5. The maximum Gasteiger partial charge on any atom is 0.267 e. The smallest absolute Gasteiger partial charge is 0.267 e. The van der Waals surface area contributed by atoms with Gasteiger partial charge >= 0.3 is 0 Å². The summed E-state index contributed by atoms with van der Waals surface area (Å²) >= 11 is 0. The van der Waals surface area contributed by atoms with Gasteiger partial charge in [0.2, 0.25) is 6.10 Å². The van der Waals surface area contributed by atoms with Crippen LogP contribution in [0.25, 0.3) is 0 Å². The van der Waals surface area contributed by atoms with E-state index in [4.69, 9.17) is 9.47 Å². The van der Waals surface area contributed by atoms with Crippen molar-refractivity contribution in [3.8, 4) is 11.5 Å². The van der Waals surface area contributed by atoms with Gasteiger partial charge in [0, 0.05) is 19.6 Å². The molecule has 1 amide bonds. The summed E-state index contributed by atoms with van der Waals surface area (Å²) in [5.41, 5.74) is 0. The normalized spacial score (nSPS) is 17.1. The Morgan fingerprint density at radius 2 is 2.16 bits per heavy atom. The second-order valence-electron chi connectivity index (χ2n) is 4.39. The first-order valence-corrected chi connectivity index (χ1v) is 6.58. The fourth-order valence-electron chi connectivity index (χ4n) is 2.02. The summed E-state index contributed by atoms with van der Waals surface area (Å²) in [4.78, 5) is 14.1. The Hall–Kier alpha value is -1.75. The second-order valence-corrected chi connectivity index (χ2v) is 4.39.